The molecule has 2 aliphatic heterocycles. The molecular formula is C18H20FN5O2. The molecule has 2 N–H and O–H groups in total. The summed E-state index contributed by atoms with van der Waals surface area (Å²) in [4.78, 5) is 27.6. The van der Waals surface area contributed by atoms with Gasteiger partial charge in [-0.2, -0.15) is 5.10 Å². The Labute approximate surface area is 149 Å². The van der Waals surface area contributed by atoms with Crippen LogP contribution in [-0.2, 0) is 13.0 Å². The minimum absolute atomic E-state index is 0.0270. The topological polar surface area (TPSA) is 81.3 Å². The number of hydrogen-bond acceptors (Lipinski definition) is 4. The minimum atomic E-state index is -0.262. The summed E-state index contributed by atoms with van der Waals surface area (Å²) in [6.45, 7) is 2.22. The Morgan fingerprint density at radius 2 is 2.15 bits per heavy atom. The Morgan fingerprint density at radius 3 is 3.00 bits per heavy atom. The molecule has 1 aromatic carbocycles. The Bertz CT molecular complexity index is 884. The molecule has 2 amide bonds. The maximum absolute atomic E-state index is 13.9. The Hall–Kier alpha value is -2.90. The largest absolute Gasteiger partial charge is 0.367 e. The summed E-state index contributed by atoms with van der Waals surface area (Å²) in [6, 6.07) is 8.00. The highest BCUT2D eigenvalue weighted by Gasteiger charge is 2.28. The summed E-state index contributed by atoms with van der Waals surface area (Å²) in [5.41, 5.74) is 1.93. The lowest BCUT2D eigenvalue weighted by Gasteiger charge is -2.29. The lowest BCUT2D eigenvalue weighted by atomic mass is 10.1. The first-order valence-corrected chi connectivity index (χ1v) is 8.72. The van der Waals surface area contributed by atoms with E-state index in [1.54, 1.807) is 17.0 Å². The molecule has 0 aliphatic carbocycles. The average Bonchev–Trinajstić information content (AvgIpc) is 3.09. The van der Waals surface area contributed by atoms with Crippen LogP contribution < -0.4 is 15.8 Å². The highest BCUT2D eigenvalue weighted by atomic mass is 19.1. The van der Waals surface area contributed by atoms with Crippen molar-refractivity contribution in [2.45, 2.75) is 25.4 Å². The Balaban J connectivity index is 1.37. The summed E-state index contributed by atoms with van der Waals surface area (Å²) in [5, 5.41) is 9.49. The van der Waals surface area contributed by atoms with Crippen LogP contribution in [0.1, 0.15) is 17.7 Å². The molecular weight excluding hydrogens is 337 g/mol. The molecule has 7 nitrogen and oxygen atoms in total. The molecule has 1 saturated heterocycles. The van der Waals surface area contributed by atoms with Gasteiger partial charge in [-0.3, -0.25) is 4.79 Å². The fourth-order valence-corrected chi connectivity index (χ4v) is 3.59. The number of amides is 2. The van der Waals surface area contributed by atoms with Crippen LogP contribution in [0, 0.1) is 5.82 Å². The van der Waals surface area contributed by atoms with Gasteiger partial charge in [-0.1, -0.05) is 12.1 Å². The van der Waals surface area contributed by atoms with Crippen LogP contribution in [-0.4, -0.2) is 46.8 Å². The monoisotopic (exact) mass is 357 g/mol. The van der Waals surface area contributed by atoms with E-state index < -0.39 is 0 Å². The van der Waals surface area contributed by atoms with Gasteiger partial charge in [0.1, 0.15) is 5.82 Å². The van der Waals surface area contributed by atoms with Crippen molar-refractivity contribution in [3.63, 3.8) is 0 Å². The molecule has 8 heteroatoms. The van der Waals surface area contributed by atoms with Gasteiger partial charge in [0.25, 0.3) is 5.56 Å². The number of halogens is 1. The molecule has 0 saturated carbocycles. The lowest BCUT2D eigenvalue weighted by Crippen LogP contribution is -2.47. The van der Waals surface area contributed by atoms with Crippen LogP contribution in [0.3, 0.4) is 0 Å². The molecule has 1 aromatic heterocycles. The maximum Gasteiger partial charge on any atom is 0.317 e. The summed E-state index contributed by atoms with van der Waals surface area (Å²) in [7, 11) is 0. The van der Waals surface area contributed by atoms with E-state index in [4.69, 9.17) is 0 Å². The number of fused-ring (bicyclic) bond motifs is 1. The van der Waals surface area contributed by atoms with Gasteiger partial charge in [-0.05, 0) is 18.6 Å². The average molecular weight is 357 g/mol. The molecule has 1 fully saturated rings. The number of carbonyl (C=O) groups is 1. The number of benzene rings is 1. The second kappa shape index (κ2) is 6.78. The maximum atomic E-state index is 13.9. The highest BCUT2D eigenvalue weighted by Crippen LogP contribution is 2.23. The number of nitrogens with zero attached hydrogens (tertiary/aromatic N) is 3. The number of aromatic nitrogens is 2. The third-order valence-electron chi connectivity index (χ3n) is 4.95. The number of nitrogens with one attached hydrogen (secondary N) is 2. The number of urea groups is 1. The van der Waals surface area contributed by atoms with Gasteiger partial charge < -0.3 is 15.1 Å². The zero-order chi connectivity index (χ0) is 18.1. The van der Waals surface area contributed by atoms with Crippen LogP contribution in [0.15, 0.2) is 35.1 Å². The van der Waals surface area contributed by atoms with Crippen molar-refractivity contribution in [1.29, 1.82) is 0 Å². The standard InChI is InChI=1S/C18H20FN5O2/c19-14-3-1-2-4-16(14)23-7-5-13(11-23)20-18(26)24-8-6-15-12(10-24)9-17(25)22-21-15/h1-4,9,13H,5-8,10-11H2,(H,20,26)(H,22,25). The van der Waals surface area contributed by atoms with Gasteiger partial charge in [-0.15, -0.1) is 0 Å². The first-order valence-electron chi connectivity index (χ1n) is 8.72. The fraction of sp³-hybridized carbons (Fsp3) is 0.389. The van der Waals surface area contributed by atoms with Gasteiger partial charge in [0, 0.05) is 50.3 Å². The summed E-state index contributed by atoms with van der Waals surface area (Å²) >= 11 is 0. The minimum Gasteiger partial charge on any atom is -0.367 e. The SMILES string of the molecule is O=C(NC1CCN(c2ccccc2F)C1)N1CCc2n[nH]c(=O)cc2C1. The zero-order valence-corrected chi connectivity index (χ0v) is 14.2. The fourth-order valence-electron chi connectivity index (χ4n) is 3.59. The molecule has 0 spiro atoms. The van der Waals surface area contributed by atoms with Gasteiger partial charge in [0.05, 0.1) is 11.4 Å². The normalized spacial score (nSPS) is 19.3. The molecule has 0 radical (unpaired) electrons. The van der Waals surface area contributed by atoms with Gasteiger partial charge in [-0.25, -0.2) is 14.3 Å². The van der Waals surface area contributed by atoms with Crippen molar-refractivity contribution in [3.05, 3.63) is 57.8 Å². The van der Waals surface area contributed by atoms with Crippen molar-refractivity contribution in [2.24, 2.45) is 0 Å². The van der Waals surface area contributed by atoms with Crippen molar-refractivity contribution in [1.82, 2.24) is 20.4 Å². The number of hydrogen-bond donors (Lipinski definition) is 2. The van der Waals surface area contributed by atoms with E-state index in [1.165, 1.54) is 12.1 Å². The number of rotatable bonds is 2. The van der Waals surface area contributed by atoms with Crippen molar-refractivity contribution < 1.29 is 9.18 Å². The van der Waals surface area contributed by atoms with Gasteiger partial charge >= 0.3 is 6.03 Å². The molecule has 1 atom stereocenters. The van der Waals surface area contributed by atoms with Gasteiger partial charge in [0.2, 0.25) is 0 Å². The summed E-state index contributed by atoms with van der Waals surface area (Å²) in [6.07, 6.45) is 1.39. The number of para-hydroxylation sites is 1. The number of anilines is 1. The molecule has 2 aliphatic rings. The molecule has 0 bridgehead atoms. The molecule has 136 valence electrons. The predicted molar refractivity (Wildman–Crippen MR) is 94.5 cm³/mol. The predicted octanol–water partition coefficient (Wildman–Crippen LogP) is 1.26. The van der Waals surface area contributed by atoms with E-state index in [9.17, 15) is 14.0 Å². The van der Waals surface area contributed by atoms with Crippen LogP contribution >= 0.6 is 0 Å². The van der Waals surface area contributed by atoms with E-state index in [1.807, 2.05) is 11.0 Å². The van der Waals surface area contributed by atoms with E-state index in [0.29, 0.717) is 38.3 Å². The number of carbonyl (C=O) groups excluding carboxylic acids is 1. The van der Waals surface area contributed by atoms with Crippen molar-refractivity contribution >= 4 is 11.7 Å². The quantitative estimate of drug-likeness (QED) is 0.848. The smallest absolute Gasteiger partial charge is 0.317 e. The van der Waals surface area contributed by atoms with E-state index in [0.717, 1.165) is 17.7 Å². The van der Waals surface area contributed by atoms with Crippen molar-refractivity contribution in [3.8, 4) is 0 Å². The summed E-state index contributed by atoms with van der Waals surface area (Å²) in [5.74, 6) is -0.246. The number of aromatic amines is 1. The van der Waals surface area contributed by atoms with Crippen LogP contribution in [0.2, 0.25) is 0 Å². The second-order valence-corrected chi connectivity index (χ2v) is 6.71. The third-order valence-corrected chi connectivity index (χ3v) is 4.95. The van der Waals surface area contributed by atoms with Crippen LogP contribution in [0.25, 0.3) is 0 Å². The zero-order valence-electron chi connectivity index (χ0n) is 14.2. The lowest BCUT2D eigenvalue weighted by molar-refractivity contribution is 0.188. The van der Waals surface area contributed by atoms with Crippen molar-refractivity contribution in [2.75, 3.05) is 24.5 Å². The van der Waals surface area contributed by atoms with Crippen LogP contribution in [0.5, 0.6) is 0 Å². The second-order valence-electron chi connectivity index (χ2n) is 6.71. The number of H-pyrrole nitrogens is 1. The first kappa shape index (κ1) is 16.6. The van der Waals surface area contributed by atoms with Crippen LogP contribution in [0.4, 0.5) is 14.9 Å². The Kier molecular flexibility index (Phi) is 4.32. The first-order chi connectivity index (χ1) is 12.6. The molecule has 3 heterocycles. The molecule has 26 heavy (non-hydrogen) atoms. The van der Waals surface area contributed by atoms with Gasteiger partial charge in [0.15, 0.2) is 0 Å². The highest BCUT2D eigenvalue weighted by molar-refractivity contribution is 5.75. The summed E-state index contributed by atoms with van der Waals surface area (Å²) < 4.78 is 13.9. The molecule has 2 aromatic rings. The third kappa shape index (κ3) is 3.26. The van der Waals surface area contributed by atoms with E-state index >= 15 is 0 Å². The Morgan fingerprint density at radius 1 is 1.31 bits per heavy atom. The van der Waals surface area contributed by atoms with E-state index in [-0.39, 0.29) is 23.4 Å². The molecule has 1 unspecified atom stereocenters. The molecule has 4 rings (SSSR count). The van der Waals surface area contributed by atoms with E-state index in [2.05, 4.69) is 15.5 Å².